The van der Waals surface area contributed by atoms with Gasteiger partial charge in [-0.1, -0.05) is 11.6 Å². The minimum absolute atomic E-state index is 0.0146. The molecular weight excluding hydrogens is 278 g/mol. The van der Waals surface area contributed by atoms with E-state index in [0.717, 1.165) is 12.8 Å². The molecule has 1 fully saturated rings. The number of hydrogen-bond donors (Lipinski definition) is 2. The van der Waals surface area contributed by atoms with Gasteiger partial charge in [0.1, 0.15) is 0 Å². The lowest BCUT2D eigenvalue weighted by Crippen LogP contribution is -2.35. The van der Waals surface area contributed by atoms with Gasteiger partial charge in [-0.2, -0.15) is 5.26 Å². The highest BCUT2D eigenvalue weighted by Gasteiger charge is 2.30. The molecule has 20 heavy (non-hydrogen) atoms. The lowest BCUT2D eigenvalue weighted by molar-refractivity contribution is 0.0921. The van der Waals surface area contributed by atoms with Crippen LogP contribution >= 0.6 is 11.6 Å². The summed E-state index contributed by atoms with van der Waals surface area (Å²) in [5, 5.41) is 11.8. The number of halogens is 1. The van der Waals surface area contributed by atoms with Crippen LogP contribution in [-0.2, 0) is 0 Å². The van der Waals surface area contributed by atoms with Crippen molar-refractivity contribution >= 4 is 23.4 Å². The fourth-order valence-corrected chi connectivity index (χ4v) is 2.41. The molecule has 0 heterocycles. The van der Waals surface area contributed by atoms with Crippen molar-refractivity contribution in [2.75, 3.05) is 0 Å². The Kier molecular flexibility index (Phi) is 3.96. The maximum Gasteiger partial charge on any atom is 0.252 e. The van der Waals surface area contributed by atoms with Crippen LogP contribution < -0.4 is 11.1 Å². The molecule has 2 rings (SSSR count). The van der Waals surface area contributed by atoms with E-state index in [1.807, 2.05) is 13.0 Å². The Labute approximate surface area is 121 Å². The highest BCUT2D eigenvalue weighted by Crippen LogP contribution is 2.32. The first-order chi connectivity index (χ1) is 9.43. The van der Waals surface area contributed by atoms with Gasteiger partial charge >= 0.3 is 0 Å². The van der Waals surface area contributed by atoms with Crippen molar-refractivity contribution in [3.8, 4) is 6.07 Å². The van der Waals surface area contributed by atoms with E-state index in [4.69, 9.17) is 22.6 Å². The van der Waals surface area contributed by atoms with Crippen LogP contribution in [0, 0.1) is 17.2 Å². The monoisotopic (exact) mass is 291 g/mol. The van der Waals surface area contributed by atoms with E-state index in [-0.39, 0.29) is 27.8 Å². The number of carbonyl (C=O) groups is 2. The zero-order valence-electron chi connectivity index (χ0n) is 10.9. The van der Waals surface area contributed by atoms with E-state index in [0.29, 0.717) is 5.92 Å². The molecule has 0 spiro atoms. The van der Waals surface area contributed by atoms with Crippen LogP contribution in [0.5, 0.6) is 0 Å². The quantitative estimate of drug-likeness (QED) is 0.886. The first kappa shape index (κ1) is 14.4. The number of amides is 2. The van der Waals surface area contributed by atoms with Gasteiger partial charge in [0.2, 0.25) is 0 Å². The van der Waals surface area contributed by atoms with Crippen molar-refractivity contribution in [3.63, 3.8) is 0 Å². The number of nitrogens with two attached hydrogens (primary N) is 1. The lowest BCUT2D eigenvalue weighted by atomic mass is 10.0. The van der Waals surface area contributed by atoms with Crippen LogP contribution in [0.25, 0.3) is 0 Å². The van der Waals surface area contributed by atoms with E-state index in [1.54, 1.807) is 0 Å². The summed E-state index contributed by atoms with van der Waals surface area (Å²) in [7, 11) is 0. The van der Waals surface area contributed by atoms with Gasteiger partial charge in [-0.25, -0.2) is 0 Å². The second-order valence-corrected chi connectivity index (χ2v) is 5.36. The van der Waals surface area contributed by atoms with E-state index >= 15 is 0 Å². The number of rotatable bonds is 4. The third-order valence-corrected chi connectivity index (χ3v) is 3.70. The van der Waals surface area contributed by atoms with Crippen LogP contribution in [0.3, 0.4) is 0 Å². The minimum atomic E-state index is -0.788. The van der Waals surface area contributed by atoms with Gasteiger partial charge in [-0.05, 0) is 37.8 Å². The second-order valence-electron chi connectivity index (χ2n) is 4.96. The molecule has 0 bridgehead atoms. The molecule has 0 radical (unpaired) electrons. The topological polar surface area (TPSA) is 96.0 Å². The molecule has 5 nitrogen and oxygen atoms in total. The molecule has 2 amide bonds. The Hall–Kier alpha value is -2.06. The Morgan fingerprint density at radius 2 is 2.15 bits per heavy atom. The van der Waals surface area contributed by atoms with Crippen molar-refractivity contribution in [2.24, 2.45) is 11.7 Å². The average molecular weight is 292 g/mol. The Morgan fingerprint density at radius 1 is 1.50 bits per heavy atom. The summed E-state index contributed by atoms with van der Waals surface area (Å²) in [4.78, 5) is 23.7. The maximum absolute atomic E-state index is 12.2. The molecule has 1 unspecified atom stereocenters. The molecule has 1 saturated carbocycles. The van der Waals surface area contributed by atoms with Crippen LogP contribution in [0.1, 0.15) is 46.0 Å². The molecule has 0 aromatic heterocycles. The molecule has 1 aromatic rings. The molecule has 1 aliphatic carbocycles. The molecule has 1 atom stereocenters. The van der Waals surface area contributed by atoms with Crippen molar-refractivity contribution in [2.45, 2.75) is 25.8 Å². The largest absolute Gasteiger partial charge is 0.366 e. The molecular formula is C14H14ClN3O2. The lowest BCUT2D eigenvalue weighted by Gasteiger charge is -2.15. The van der Waals surface area contributed by atoms with Gasteiger partial charge in [0.05, 0.1) is 27.8 Å². The Bertz CT molecular complexity index is 618. The number of hydrogen-bond acceptors (Lipinski definition) is 3. The van der Waals surface area contributed by atoms with Gasteiger partial charge < -0.3 is 11.1 Å². The highest BCUT2D eigenvalue weighted by atomic mass is 35.5. The molecule has 1 aliphatic rings. The number of nitriles is 1. The summed E-state index contributed by atoms with van der Waals surface area (Å²) in [5.41, 5.74) is 5.47. The maximum atomic E-state index is 12.2. The van der Waals surface area contributed by atoms with Gasteiger partial charge in [0.25, 0.3) is 11.8 Å². The van der Waals surface area contributed by atoms with Crippen molar-refractivity contribution in [1.82, 2.24) is 5.32 Å². The summed E-state index contributed by atoms with van der Waals surface area (Å²) in [6.45, 7) is 1.91. The number of primary amides is 1. The molecule has 0 aliphatic heterocycles. The number of nitrogens with zero attached hydrogens (tertiary/aromatic N) is 1. The second kappa shape index (κ2) is 5.51. The number of benzene rings is 1. The van der Waals surface area contributed by atoms with Gasteiger partial charge in [0.15, 0.2) is 0 Å². The zero-order chi connectivity index (χ0) is 14.9. The van der Waals surface area contributed by atoms with E-state index in [2.05, 4.69) is 5.32 Å². The third-order valence-electron chi connectivity index (χ3n) is 3.40. The predicted octanol–water partition coefficient (Wildman–Crippen LogP) is 1.84. The van der Waals surface area contributed by atoms with Gasteiger partial charge in [0, 0.05) is 6.04 Å². The zero-order valence-corrected chi connectivity index (χ0v) is 11.7. The fraction of sp³-hybridized carbons (Fsp3) is 0.357. The van der Waals surface area contributed by atoms with Crippen LogP contribution in [0.4, 0.5) is 0 Å². The van der Waals surface area contributed by atoms with E-state index in [1.165, 1.54) is 12.1 Å². The minimum Gasteiger partial charge on any atom is -0.366 e. The summed E-state index contributed by atoms with van der Waals surface area (Å²) in [6.07, 6.45) is 2.17. The standard InChI is InChI=1S/C14H14ClN3O2/c1-7(9-2-3-9)18-14(20)10-4-8(6-16)5-11(15)12(10)13(17)19/h4-5,7,9H,2-3H2,1H3,(H2,17,19)(H,18,20). The van der Waals surface area contributed by atoms with Crippen LogP contribution in [0.15, 0.2) is 12.1 Å². The highest BCUT2D eigenvalue weighted by molar-refractivity contribution is 6.35. The smallest absolute Gasteiger partial charge is 0.252 e. The average Bonchev–Trinajstić information content (AvgIpc) is 3.21. The fourth-order valence-electron chi connectivity index (χ4n) is 2.10. The Morgan fingerprint density at radius 3 is 2.65 bits per heavy atom. The van der Waals surface area contributed by atoms with E-state index in [9.17, 15) is 9.59 Å². The number of nitrogens with one attached hydrogen (secondary N) is 1. The molecule has 6 heteroatoms. The summed E-state index contributed by atoms with van der Waals surface area (Å²) >= 11 is 5.93. The normalized spacial score (nSPS) is 15.2. The summed E-state index contributed by atoms with van der Waals surface area (Å²) in [5.74, 6) is -0.744. The molecule has 1 aromatic carbocycles. The molecule has 0 saturated heterocycles. The number of carbonyl (C=O) groups excluding carboxylic acids is 2. The van der Waals surface area contributed by atoms with Gasteiger partial charge in [-0.15, -0.1) is 0 Å². The van der Waals surface area contributed by atoms with Crippen molar-refractivity contribution in [1.29, 1.82) is 5.26 Å². The first-order valence-electron chi connectivity index (χ1n) is 6.28. The van der Waals surface area contributed by atoms with E-state index < -0.39 is 11.8 Å². The molecule has 104 valence electrons. The molecule has 3 N–H and O–H groups in total. The van der Waals surface area contributed by atoms with Crippen molar-refractivity contribution < 1.29 is 9.59 Å². The van der Waals surface area contributed by atoms with Crippen molar-refractivity contribution in [3.05, 3.63) is 33.8 Å². The first-order valence-corrected chi connectivity index (χ1v) is 6.66. The predicted molar refractivity (Wildman–Crippen MR) is 74.3 cm³/mol. The SMILES string of the molecule is CC(NC(=O)c1cc(C#N)cc(Cl)c1C(N)=O)C1CC1. The van der Waals surface area contributed by atoms with Gasteiger partial charge in [-0.3, -0.25) is 9.59 Å². The summed E-state index contributed by atoms with van der Waals surface area (Å²) in [6, 6.07) is 4.58. The van der Waals surface area contributed by atoms with Crippen LogP contribution in [-0.4, -0.2) is 17.9 Å². The Balaban J connectivity index is 2.37. The third kappa shape index (κ3) is 2.91. The summed E-state index contributed by atoms with van der Waals surface area (Å²) < 4.78 is 0. The van der Waals surface area contributed by atoms with Crippen LogP contribution in [0.2, 0.25) is 5.02 Å².